The first kappa shape index (κ1) is 31.2. The quantitative estimate of drug-likeness (QED) is 0.108. The van der Waals surface area contributed by atoms with Crippen molar-refractivity contribution in [3.8, 4) is 0 Å². The predicted molar refractivity (Wildman–Crippen MR) is 122 cm³/mol. The maximum absolute atomic E-state index is 12.5. The monoisotopic (exact) mass is 621 g/mol. The first-order chi connectivity index (χ1) is 18.0. The van der Waals surface area contributed by atoms with Crippen LogP contribution in [0.1, 0.15) is 22.3 Å². The van der Waals surface area contributed by atoms with E-state index in [2.05, 4.69) is 28.4 Å². The summed E-state index contributed by atoms with van der Waals surface area (Å²) in [7, 11) is -17.0. The molecule has 1 amide bonds. The molecule has 24 heteroatoms. The number of carbonyl (C=O) groups is 1. The number of imidazole rings is 1. The fourth-order valence-electron chi connectivity index (χ4n) is 3.23. The number of nitrogens with zero attached hydrogens (tertiary/aromatic N) is 2. The van der Waals surface area contributed by atoms with Crippen LogP contribution in [0.5, 0.6) is 0 Å². The molecule has 0 radical (unpaired) electrons. The molecule has 0 saturated carbocycles. The van der Waals surface area contributed by atoms with Gasteiger partial charge in [-0.25, -0.2) is 23.5 Å². The van der Waals surface area contributed by atoms with E-state index < -0.39 is 77.3 Å². The smallest absolute Gasteiger partial charge is 0.387 e. The molecule has 3 rings (SSSR count). The van der Waals surface area contributed by atoms with Crippen molar-refractivity contribution in [2.45, 2.75) is 31.0 Å². The van der Waals surface area contributed by atoms with Gasteiger partial charge in [0.1, 0.15) is 23.9 Å². The number of phosphoric ester groups is 1. The van der Waals surface area contributed by atoms with E-state index in [0.717, 1.165) is 6.20 Å². The topological polar surface area (TPSA) is 322 Å². The van der Waals surface area contributed by atoms with Crippen LogP contribution < -0.4 is 16.6 Å². The van der Waals surface area contributed by atoms with Gasteiger partial charge < -0.3 is 44.8 Å². The largest absolute Gasteiger partial charge is 0.490 e. The highest BCUT2D eigenvalue weighted by molar-refractivity contribution is 7.66. The van der Waals surface area contributed by atoms with Gasteiger partial charge in [0, 0.05) is 31.1 Å². The summed E-state index contributed by atoms with van der Waals surface area (Å²) in [6.45, 7) is -1.07. The number of rotatable bonds is 12. The van der Waals surface area contributed by atoms with Crippen molar-refractivity contribution in [1.29, 1.82) is 0 Å². The van der Waals surface area contributed by atoms with Crippen molar-refractivity contribution in [3.63, 3.8) is 0 Å². The van der Waals surface area contributed by atoms with Gasteiger partial charge in [-0.15, -0.1) is 0 Å². The Hall–Kier alpha value is -2.35. The minimum Gasteiger partial charge on any atom is -0.387 e. The van der Waals surface area contributed by atoms with Crippen molar-refractivity contribution in [3.05, 3.63) is 50.8 Å². The van der Waals surface area contributed by atoms with Gasteiger partial charge in [0.15, 0.2) is 6.23 Å². The number of aliphatic hydroxyl groups excluding tert-OH is 2. The third-order valence-electron chi connectivity index (χ3n) is 4.88. The molecule has 0 bridgehead atoms. The molecule has 21 nitrogen and oxygen atoms in total. The first-order valence-corrected chi connectivity index (χ1v) is 14.9. The molecule has 1 aliphatic heterocycles. The third-order valence-corrected chi connectivity index (χ3v) is 8.68. The van der Waals surface area contributed by atoms with Gasteiger partial charge in [-0.1, -0.05) is 0 Å². The maximum Gasteiger partial charge on any atom is 0.490 e. The van der Waals surface area contributed by atoms with Gasteiger partial charge >= 0.3 is 29.2 Å². The fourth-order valence-corrected chi connectivity index (χ4v) is 6.26. The summed E-state index contributed by atoms with van der Waals surface area (Å²) in [6.07, 6.45) is -3.31. The van der Waals surface area contributed by atoms with Gasteiger partial charge in [0.05, 0.1) is 12.9 Å². The summed E-state index contributed by atoms with van der Waals surface area (Å²) in [5.41, 5.74) is -2.12. The molecule has 2 unspecified atom stereocenters. The first-order valence-electron chi connectivity index (χ1n) is 10.4. The van der Waals surface area contributed by atoms with Gasteiger partial charge in [0.25, 0.3) is 11.5 Å². The van der Waals surface area contributed by atoms with Crippen LogP contribution in [0.3, 0.4) is 0 Å². The lowest BCUT2D eigenvalue weighted by Crippen LogP contribution is -2.41. The zero-order valence-corrected chi connectivity index (χ0v) is 21.8. The van der Waals surface area contributed by atoms with Crippen LogP contribution in [0.25, 0.3) is 0 Å². The number of hydrogen-bond acceptors (Lipinski definition) is 13. The highest BCUT2D eigenvalue weighted by Gasteiger charge is 2.47. The molecule has 0 spiro atoms. The van der Waals surface area contributed by atoms with E-state index in [1.165, 1.54) is 12.5 Å². The van der Waals surface area contributed by atoms with E-state index in [-0.39, 0.29) is 6.54 Å². The van der Waals surface area contributed by atoms with Crippen molar-refractivity contribution in [2.75, 3.05) is 13.2 Å². The highest BCUT2D eigenvalue weighted by Crippen LogP contribution is 2.66. The normalized spacial score (nSPS) is 24.7. The number of H-pyrrole nitrogens is 2. The van der Waals surface area contributed by atoms with Gasteiger partial charge in [-0.3, -0.25) is 23.7 Å². The van der Waals surface area contributed by atoms with E-state index >= 15 is 0 Å². The minimum absolute atomic E-state index is 0.0729. The van der Waals surface area contributed by atoms with E-state index in [1.807, 2.05) is 4.98 Å². The molecule has 1 saturated heterocycles. The number of hydrogen-bond donors (Lipinski definition) is 9. The lowest BCUT2D eigenvalue weighted by atomic mass is 10.1. The fraction of sp³-hybridized carbons (Fsp3) is 0.467. The number of nitrogens with one attached hydrogen (secondary N) is 3. The SMILES string of the molecule is O=C(NCCc1cnc[nH]1)c1cn([C@@H]2O[C@H](COP(=O)(O)OP(=O)(O)OP(=O)(O)O)[C@@H](O)[C@H]2O)c(=O)[nH]c1=O. The molecule has 9 N–H and O–H groups in total. The average Bonchev–Trinajstić information content (AvgIpc) is 3.39. The molecule has 218 valence electrons. The number of amides is 1. The number of aromatic nitrogens is 4. The predicted octanol–water partition coefficient (Wildman–Crippen LogP) is -2.81. The molecular weight excluding hydrogens is 599 g/mol. The van der Waals surface area contributed by atoms with Crippen molar-refractivity contribution in [2.24, 2.45) is 0 Å². The Morgan fingerprint density at radius 2 is 1.79 bits per heavy atom. The Balaban J connectivity index is 1.69. The highest BCUT2D eigenvalue weighted by atomic mass is 31.3. The Kier molecular flexibility index (Phi) is 9.62. The van der Waals surface area contributed by atoms with Crippen molar-refractivity contribution < 1.29 is 66.2 Å². The van der Waals surface area contributed by atoms with Crippen molar-refractivity contribution >= 4 is 29.4 Å². The molecule has 39 heavy (non-hydrogen) atoms. The van der Waals surface area contributed by atoms with E-state index in [1.54, 1.807) is 0 Å². The van der Waals surface area contributed by atoms with Gasteiger partial charge in [-0.2, -0.15) is 8.62 Å². The third kappa shape index (κ3) is 8.57. The summed E-state index contributed by atoms with van der Waals surface area (Å²) in [5, 5.41) is 23.0. The molecule has 6 atom stereocenters. The second kappa shape index (κ2) is 12.0. The average molecular weight is 621 g/mol. The number of aliphatic hydroxyl groups is 2. The summed E-state index contributed by atoms with van der Waals surface area (Å²) in [4.78, 5) is 81.2. The van der Waals surface area contributed by atoms with Gasteiger partial charge in [0.2, 0.25) is 0 Å². The molecule has 3 heterocycles. The van der Waals surface area contributed by atoms with Crippen LogP contribution in [-0.4, -0.2) is 86.7 Å². The van der Waals surface area contributed by atoms with E-state index in [9.17, 15) is 48.1 Å². The van der Waals surface area contributed by atoms with Crippen LogP contribution in [0.4, 0.5) is 0 Å². The second-order valence-corrected chi connectivity index (χ2v) is 12.1. The standard InChI is InChI=1S/C15H22N5O16P3/c21-10-9(5-33-38(29,30)36-39(31,32)35-37(26,27)28)34-14(11(10)22)20-4-8(13(24)19-15(20)25)12(23)17-2-1-7-3-16-6-18-7/h3-4,6,9-11,14,21-22H,1-2,5H2,(H,16,18)(H,17,23)(H,29,30)(H,31,32)(H,19,24,25)(H2,26,27,28)/t9-,10-,11-,14-/m1/s1. The lowest BCUT2D eigenvalue weighted by molar-refractivity contribution is -0.0543. The maximum atomic E-state index is 12.5. The molecule has 0 aliphatic carbocycles. The molecule has 2 aromatic rings. The Bertz CT molecular complexity index is 1440. The van der Waals surface area contributed by atoms with E-state index in [0.29, 0.717) is 16.7 Å². The summed E-state index contributed by atoms with van der Waals surface area (Å²) >= 11 is 0. The van der Waals surface area contributed by atoms with Crippen LogP contribution in [-0.2, 0) is 38.0 Å². The molecular formula is C15H22N5O16P3. The Morgan fingerprint density at radius 1 is 1.10 bits per heavy atom. The number of aromatic amines is 2. The summed E-state index contributed by atoms with van der Waals surface area (Å²) in [5.74, 6) is -0.901. The van der Waals surface area contributed by atoms with Gasteiger partial charge in [-0.05, 0) is 0 Å². The zero-order valence-electron chi connectivity index (χ0n) is 19.2. The minimum atomic E-state index is -5.81. The van der Waals surface area contributed by atoms with Crippen LogP contribution in [0.2, 0.25) is 0 Å². The lowest BCUT2D eigenvalue weighted by Gasteiger charge is -2.19. The molecule has 2 aromatic heterocycles. The van der Waals surface area contributed by atoms with Crippen molar-refractivity contribution in [1.82, 2.24) is 24.8 Å². The Labute approximate surface area is 215 Å². The molecule has 1 fully saturated rings. The Morgan fingerprint density at radius 3 is 2.41 bits per heavy atom. The van der Waals surface area contributed by atoms with E-state index in [4.69, 9.17) is 14.5 Å². The number of phosphoric acid groups is 3. The van der Waals surface area contributed by atoms with Crippen LogP contribution in [0, 0.1) is 0 Å². The number of ether oxygens (including phenoxy) is 1. The molecule has 0 aromatic carbocycles. The summed E-state index contributed by atoms with van der Waals surface area (Å²) < 4.78 is 51.2. The van der Waals surface area contributed by atoms with Crippen LogP contribution >= 0.6 is 23.5 Å². The summed E-state index contributed by atoms with van der Waals surface area (Å²) in [6, 6.07) is 0. The zero-order chi connectivity index (χ0) is 29.2. The number of carbonyl (C=O) groups excluding carboxylic acids is 1. The van der Waals surface area contributed by atoms with Crippen LogP contribution in [0.15, 0.2) is 28.3 Å². The molecule has 1 aliphatic rings. The second-order valence-electron chi connectivity index (χ2n) is 7.73.